The molecule has 0 saturated carbocycles. The Bertz CT molecular complexity index is 691. The third-order valence-corrected chi connectivity index (χ3v) is 4.01. The van der Waals surface area contributed by atoms with Gasteiger partial charge in [-0.1, -0.05) is 43.3 Å². The zero-order chi connectivity index (χ0) is 18.2. The molecule has 0 fully saturated rings. The third-order valence-electron chi connectivity index (χ3n) is 4.01. The number of amides is 2. The second kappa shape index (κ2) is 9.06. The van der Waals surface area contributed by atoms with E-state index >= 15 is 0 Å². The zero-order valence-electron chi connectivity index (χ0n) is 15.0. The summed E-state index contributed by atoms with van der Waals surface area (Å²) < 4.78 is 18.8. The van der Waals surface area contributed by atoms with E-state index in [0.717, 1.165) is 12.0 Å². The van der Waals surface area contributed by atoms with Crippen LogP contribution >= 0.6 is 0 Å². The highest BCUT2D eigenvalue weighted by atomic mass is 19.1. The first kappa shape index (κ1) is 18.8. The lowest BCUT2D eigenvalue weighted by molar-refractivity contribution is 0.192. The van der Waals surface area contributed by atoms with Crippen LogP contribution in [0.3, 0.4) is 0 Å². The van der Waals surface area contributed by atoms with E-state index in [2.05, 4.69) is 5.32 Å². The van der Waals surface area contributed by atoms with Crippen LogP contribution in [-0.2, 0) is 6.54 Å². The quantitative estimate of drug-likeness (QED) is 0.802. The second-order valence-electron chi connectivity index (χ2n) is 5.97. The van der Waals surface area contributed by atoms with Crippen LogP contribution in [0.5, 0.6) is 5.75 Å². The van der Waals surface area contributed by atoms with Crippen LogP contribution < -0.4 is 10.1 Å². The second-order valence-corrected chi connectivity index (χ2v) is 5.97. The lowest BCUT2D eigenvalue weighted by Gasteiger charge is -2.25. The molecule has 0 saturated heterocycles. The predicted molar refractivity (Wildman–Crippen MR) is 97.0 cm³/mol. The van der Waals surface area contributed by atoms with Gasteiger partial charge in [-0.2, -0.15) is 0 Å². The first-order valence-electron chi connectivity index (χ1n) is 8.48. The highest BCUT2D eigenvalue weighted by Gasteiger charge is 2.17. The van der Waals surface area contributed by atoms with Gasteiger partial charge in [-0.15, -0.1) is 0 Å². The van der Waals surface area contributed by atoms with Crippen molar-refractivity contribution in [2.75, 3.05) is 13.7 Å². The molecule has 2 aromatic rings. The molecular formula is C20H25FN2O2. The Morgan fingerprint density at radius 1 is 1.24 bits per heavy atom. The van der Waals surface area contributed by atoms with Gasteiger partial charge in [0, 0.05) is 13.1 Å². The Morgan fingerprint density at radius 3 is 2.56 bits per heavy atom. The van der Waals surface area contributed by atoms with Crippen LogP contribution in [0.25, 0.3) is 0 Å². The molecule has 1 N–H and O–H groups in total. The number of methoxy groups -OCH3 is 1. The number of hydrogen-bond acceptors (Lipinski definition) is 2. The Hall–Kier alpha value is -2.56. The average Bonchev–Trinajstić information content (AvgIpc) is 2.62. The van der Waals surface area contributed by atoms with Crippen molar-refractivity contribution >= 4 is 6.03 Å². The summed E-state index contributed by atoms with van der Waals surface area (Å²) in [6, 6.07) is 14.1. The monoisotopic (exact) mass is 344 g/mol. The Balaban J connectivity index is 2.05. The van der Waals surface area contributed by atoms with Crippen molar-refractivity contribution in [1.29, 1.82) is 0 Å². The fourth-order valence-electron chi connectivity index (χ4n) is 2.64. The van der Waals surface area contributed by atoms with E-state index in [1.165, 1.54) is 13.2 Å². The zero-order valence-corrected chi connectivity index (χ0v) is 15.0. The van der Waals surface area contributed by atoms with Crippen LogP contribution in [0.4, 0.5) is 9.18 Å². The van der Waals surface area contributed by atoms with E-state index in [0.29, 0.717) is 18.7 Å². The molecule has 2 amide bonds. The molecule has 0 heterocycles. The number of halogens is 1. The topological polar surface area (TPSA) is 41.6 Å². The fraction of sp³-hybridized carbons (Fsp3) is 0.350. The number of nitrogens with one attached hydrogen (secondary N) is 1. The van der Waals surface area contributed by atoms with Gasteiger partial charge in [0.2, 0.25) is 0 Å². The lowest BCUT2D eigenvalue weighted by atomic mass is 10.1. The predicted octanol–water partition coefficient (Wildman–Crippen LogP) is 4.52. The van der Waals surface area contributed by atoms with Crippen molar-refractivity contribution in [3.8, 4) is 5.75 Å². The van der Waals surface area contributed by atoms with E-state index in [1.54, 1.807) is 17.0 Å². The van der Waals surface area contributed by atoms with Gasteiger partial charge < -0.3 is 15.0 Å². The van der Waals surface area contributed by atoms with Gasteiger partial charge >= 0.3 is 6.03 Å². The van der Waals surface area contributed by atoms with Crippen molar-refractivity contribution in [1.82, 2.24) is 10.2 Å². The summed E-state index contributed by atoms with van der Waals surface area (Å²) in [7, 11) is 1.43. The van der Waals surface area contributed by atoms with Crippen LogP contribution in [0.2, 0.25) is 0 Å². The Labute approximate surface area is 148 Å². The summed E-state index contributed by atoms with van der Waals surface area (Å²) in [6.45, 7) is 5.08. The molecule has 0 aliphatic carbocycles. The maximum absolute atomic E-state index is 13.9. The summed E-state index contributed by atoms with van der Waals surface area (Å²) in [5, 5.41) is 2.95. The number of carbonyl (C=O) groups is 1. The lowest BCUT2D eigenvalue weighted by Crippen LogP contribution is -2.41. The number of rotatable bonds is 7. The van der Waals surface area contributed by atoms with Crippen molar-refractivity contribution in [2.24, 2.45) is 0 Å². The molecule has 0 aliphatic heterocycles. The number of carbonyl (C=O) groups excluding carboxylic acids is 1. The molecule has 4 nitrogen and oxygen atoms in total. The highest BCUT2D eigenvalue weighted by Crippen LogP contribution is 2.22. The molecule has 0 bridgehead atoms. The molecule has 1 unspecified atom stereocenters. The number of benzene rings is 2. The van der Waals surface area contributed by atoms with E-state index in [-0.39, 0.29) is 17.8 Å². The number of urea groups is 1. The van der Waals surface area contributed by atoms with Crippen molar-refractivity contribution in [3.63, 3.8) is 0 Å². The highest BCUT2D eigenvalue weighted by molar-refractivity contribution is 5.74. The van der Waals surface area contributed by atoms with Crippen LogP contribution in [0.1, 0.15) is 37.4 Å². The maximum Gasteiger partial charge on any atom is 0.318 e. The molecule has 0 aromatic heterocycles. The Kier molecular flexibility index (Phi) is 6.81. The van der Waals surface area contributed by atoms with Gasteiger partial charge in [-0.25, -0.2) is 9.18 Å². The number of hydrogen-bond donors (Lipinski definition) is 1. The largest absolute Gasteiger partial charge is 0.494 e. The van der Waals surface area contributed by atoms with Gasteiger partial charge in [-0.05, 0) is 36.6 Å². The van der Waals surface area contributed by atoms with Gasteiger partial charge in [0.15, 0.2) is 11.6 Å². The first-order valence-corrected chi connectivity index (χ1v) is 8.48. The number of nitrogens with zero attached hydrogens (tertiary/aromatic N) is 1. The van der Waals surface area contributed by atoms with Gasteiger partial charge in [-0.3, -0.25) is 0 Å². The maximum atomic E-state index is 13.9. The summed E-state index contributed by atoms with van der Waals surface area (Å²) in [6.07, 6.45) is 0.867. The molecular weight excluding hydrogens is 319 g/mol. The SMILES string of the molecule is CCCN(Cc1ccccc1)C(=O)NC(C)c1ccc(OC)c(F)c1. The molecule has 134 valence electrons. The van der Waals surface area contributed by atoms with Crippen molar-refractivity contribution < 1.29 is 13.9 Å². The molecule has 0 aliphatic rings. The minimum atomic E-state index is -0.434. The molecule has 0 spiro atoms. The standard InChI is InChI=1S/C20H25FN2O2/c1-4-12-23(14-16-8-6-5-7-9-16)20(24)22-15(2)17-10-11-19(25-3)18(21)13-17/h5-11,13,15H,4,12,14H2,1-3H3,(H,22,24). The minimum Gasteiger partial charge on any atom is -0.494 e. The summed E-state index contributed by atoms with van der Waals surface area (Å²) in [5.74, 6) is -0.241. The number of ether oxygens (including phenoxy) is 1. The fourth-order valence-corrected chi connectivity index (χ4v) is 2.64. The molecule has 2 rings (SSSR count). The van der Waals surface area contributed by atoms with E-state index < -0.39 is 5.82 Å². The van der Waals surface area contributed by atoms with Crippen molar-refractivity contribution in [3.05, 3.63) is 65.5 Å². The van der Waals surface area contributed by atoms with Crippen LogP contribution in [-0.4, -0.2) is 24.6 Å². The van der Waals surface area contributed by atoms with Gasteiger partial charge in [0.05, 0.1) is 13.2 Å². The minimum absolute atomic E-state index is 0.158. The normalized spacial score (nSPS) is 11.7. The van der Waals surface area contributed by atoms with E-state index in [1.807, 2.05) is 44.2 Å². The van der Waals surface area contributed by atoms with Crippen LogP contribution in [0, 0.1) is 5.82 Å². The molecule has 25 heavy (non-hydrogen) atoms. The summed E-state index contributed by atoms with van der Waals surface area (Å²) >= 11 is 0. The average molecular weight is 344 g/mol. The van der Waals surface area contributed by atoms with Gasteiger partial charge in [0.25, 0.3) is 0 Å². The summed E-state index contributed by atoms with van der Waals surface area (Å²) in [5.41, 5.74) is 1.78. The molecule has 2 aromatic carbocycles. The smallest absolute Gasteiger partial charge is 0.318 e. The van der Waals surface area contributed by atoms with Crippen LogP contribution in [0.15, 0.2) is 48.5 Å². The van der Waals surface area contributed by atoms with E-state index in [9.17, 15) is 9.18 Å². The Morgan fingerprint density at radius 2 is 1.96 bits per heavy atom. The van der Waals surface area contributed by atoms with Crippen molar-refractivity contribution in [2.45, 2.75) is 32.9 Å². The van der Waals surface area contributed by atoms with E-state index in [4.69, 9.17) is 4.74 Å². The molecule has 5 heteroatoms. The first-order chi connectivity index (χ1) is 12.0. The third kappa shape index (κ3) is 5.21. The molecule has 1 atom stereocenters. The molecule has 0 radical (unpaired) electrons. The van der Waals surface area contributed by atoms with Gasteiger partial charge in [0.1, 0.15) is 0 Å². The summed E-state index contributed by atoms with van der Waals surface area (Å²) in [4.78, 5) is 14.4.